The first-order valence-corrected chi connectivity index (χ1v) is 13.1. The number of piperidine rings is 1. The molecule has 2 fully saturated rings. The summed E-state index contributed by atoms with van der Waals surface area (Å²) in [7, 11) is 1.71. The van der Waals surface area contributed by atoms with Gasteiger partial charge in [0.1, 0.15) is 5.75 Å². The van der Waals surface area contributed by atoms with Crippen LogP contribution in [-0.2, 0) is 10.6 Å². The minimum absolute atomic E-state index is 0.257. The molecule has 1 spiro atoms. The van der Waals surface area contributed by atoms with Crippen LogP contribution in [0.1, 0.15) is 35.7 Å². The Balaban J connectivity index is 1.37. The summed E-state index contributed by atoms with van der Waals surface area (Å²) in [5.74, 6) is 4.09. The van der Waals surface area contributed by atoms with Gasteiger partial charge in [-0.25, -0.2) is 4.98 Å². The van der Waals surface area contributed by atoms with Gasteiger partial charge < -0.3 is 19.0 Å². The van der Waals surface area contributed by atoms with Crippen molar-refractivity contribution in [3.63, 3.8) is 0 Å². The third kappa shape index (κ3) is 3.73. The van der Waals surface area contributed by atoms with Gasteiger partial charge in [-0.2, -0.15) is 11.8 Å². The van der Waals surface area contributed by atoms with Crippen molar-refractivity contribution >= 4 is 23.7 Å². The summed E-state index contributed by atoms with van der Waals surface area (Å²) in [4.78, 5) is 12.9. The maximum atomic E-state index is 6.20. The van der Waals surface area contributed by atoms with Crippen LogP contribution in [0.15, 0.2) is 65.7 Å². The zero-order valence-electron chi connectivity index (χ0n) is 20.6. The lowest BCUT2D eigenvalue weighted by Crippen LogP contribution is -2.57. The first-order valence-electron chi connectivity index (χ1n) is 12.0. The van der Waals surface area contributed by atoms with Crippen molar-refractivity contribution in [2.75, 3.05) is 25.2 Å². The SMILES string of the molecule is COc1cc(/C=C2\CC3(CSC3)CN3C2=NOC3(C)c2ccc(C)cc2)ccc1-n1cnc(C)c1. The minimum Gasteiger partial charge on any atom is -0.495 e. The quantitative estimate of drug-likeness (QED) is 0.485. The molecule has 0 aliphatic carbocycles. The van der Waals surface area contributed by atoms with E-state index < -0.39 is 5.72 Å². The van der Waals surface area contributed by atoms with Crippen molar-refractivity contribution in [3.8, 4) is 11.4 Å². The van der Waals surface area contributed by atoms with Crippen molar-refractivity contribution in [3.05, 3.63) is 82.9 Å². The zero-order chi connectivity index (χ0) is 24.2. The summed E-state index contributed by atoms with van der Waals surface area (Å²) >= 11 is 2.03. The van der Waals surface area contributed by atoms with Gasteiger partial charge in [0.05, 0.1) is 24.8 Å². The number of ether oxygens (including phenoxy) is 1. The van der Waals surface area contributed by atoms with Gasteiger partial charge in [-0.05, 0) is 49.6 Å². The fourth-order valence-electron chi connectivity index (χ4n) is 5.29. The average molecular weight is 487 g/mol. The van der Waals surface area contributed by atoms with Crippen molar-refractivity contribution < 1.29 is 9.57 Å². The van der Waals surface area contributed by atoms with Gasteiger partial charge in [-0.3, -0.25) is 0 Å². The molecule has 0 saturated carbocycles. The van der Waals surface area contributed by atoms with Crippen LogP contribution in [0, 0.1) is 19.3 Å². The van der Waals surface area contributed by atoms with Crippen molar-refractivity contribution in [2.24, 2.45) is 10.6 Å². The monoisotopic (exact) mass is 486 g/mol. The van der Waals surface area contributed by atoms with E-state index >= 15 is 0 Å². The van der Waals surface area contributed by atoms with Gasteiger partial charge in [0.15, 0.2) is 5.84 Å². The Bertz CT molecular complexity index is 1340. The molecular formula is C28H30N4O2S. The summed E-state index contributed by atoms with van der Waals surface area (Å²) in [6.45, 7) is 7.20. The van der Waals surface area contributed by atoms with Crippen LogP contribution in [0.5, 0.6) is 5.75 Å². The molecule has 1 unspecified atom stereocenters. The first kappa shape index (κ1) is 22.3. The van der Waals surface area contributed by atoms with E-state index in [0.29, 0.717) is 0 Å². The second kappa shape index (κ2) is 8.19. The Morgan fingerprint density at radius 1 is 1.11 bits per heavy atom. The molecule has 0 amide bonds. The number of fused-ring (bicyclic) bond motifs is 1. The van der Waals surface area contributed by atoms with Crippen LogP contribution in [0.25, 0.3) is 11.8 Å². The van der Waals surface area contributed by atoms with E-state index in [-0.39, 0.29) is 5.41 Å². The molecule has 180 valence electrons. The molecule has 0 bridgehead atoms. The van der Waals surface area contributed by atoms with Gasteiger partial charge in [0.25, 0.3) is 0 Å². The molecular weight excluding hydrogens is 456 g/mol. The fraction of sp³-hybridized carbons (Fsp3) is 0.357. The smallest absolute Gasteiger partial charge is 0.234 e. The molecule has 3 aromatic rings. The van der Waals surface area contributed by atoms with E-state index in [1.165, 1.54) is 22.6 Å². The maximum absolute atomic E-state index is 6.20. The Hall–Kier alpha value is -3.19. The number of thioether (sulfide) groups is 1. The number of oxime groups is 1. The van der Waals surface area contributed by atoms with Crippen molar-refractivity contribution in [1.82, 2.24) is 14.5 Å². The van der Waals surface area contributed by atoms with E-state index in [1.54, 1.807) is 7.11 Å². The molecule has 2 saturated heterocycles. The Morgan fingerprint density at radius 2 is 1.91 bits per heavy atom. The minimum atomic E-state index is -0.601. The van der Waals surface area contributed by atoms with E-state index in [1.807, 2.05) is 35.8 Å². The third-order valence-electron chi connectivity index (χ3n) is 7.37. The highest BCUT2D eigenvalue weighted by Crippen LogP contribution is 2.51. The summed E-state index contributed by atoms with van der Waals surface area (Å²) in [5, 5.41) is 4.65. The van der Waals surface area contributed by atoms with Gasteiger partial charge >= 0.3 is 0 Å². The highest BCUT2D eigenvalue weighted by atomic mass is 32.2. The van der Waals surface area contributed by atoms with Gasteiger partial charge in [-0.1, -0.05) is 41.1 Å². The molecule has 0 N–H and O–H groups in total. The second-order valence-corrected chi connectivity index (χ2v) is 11.1. The predicted octanol–water partition coefficient (Wildman–Crippen LogP) is 5.54. The highest BCUT2D eigenvalue weighted by molar-refractivity contribution is 8.00. The number of methoxy groups -OCH3 is 1. The summed E-state index contributed by atoms with van der Waals surface area (Å²) in [6.07, 6.45) is 7.08. The lowest BCUT2D eigenvalue weighted by Gasteiger charge is -2.51. The summed E-state index contributed by atoms with van der Waals surface area (Å²) in [6, 6.07) is 14.9. The summed E-state index contributed by atoms with van der Waals surface area (Å²) < 4.78 is 7.75. The molecule has 6 rings (SSSR count). The fourth-order valence-corrected chi connectivity index (χ4v) is 6.46. The number of rotatable bonds is 4. The Morgan fingerprint density at radius 3 is 2.57 bits per heavy atom. The number of imidazole rings is 1. The number of hydrogen-bond donors (Lipinski definition) is 0. The van der Waals surface area contributed by atoms with Crippen LogP contribution in [0.3, 0.4) is 0 Å². The van der Waals surface area contributed by atoms with Crippen LogP contribution in [0.4, 0.5) is 0 Å². The number of aromatic nitrogens is 2. The number of hydrogen-bond acceptors (Lipinski definition) is 6. The zero-order valence-corrected chi connectivity index (χ0v) is 21.4. The summed E-state index contributed by atoms with van der Waals surface area (Å²) in [5.41, 5.74) is 6.29. The molecule has 4 heterocycles. The third-order valence-corrected chi connectivity index (χ3v) is 9.00. The topological polar surface area (TPSA) is 51.9 Å². The molecule has 7 heteroatoms. The Labute approximate surface area is 210 Å². The molecule has 1 atom stereocenters. The number of aryl methyl sites for hydroxylation is 2. The standard InChI is InChI=1S/C28H30N4O2S/c1-19-5-8-23(9-6-19)27(3)32-15-28(16-35-17-28)13-22(26(32)30-34-27)11-21-7-10-24(25(12-21)33-4)31-14-20(2)29-18-31/h5-12,14,18H,13,15-17H2,1-4H3/b22-11+. The lowest BCUT2D eigenvalue weighted by molar-refractivity contribution is -0.100. The average Bonchev–Trinajstić information content (AvgIpc) is 3.42. The molecule has 2 aromatic carbocycles. The van der Waals surface area contributed by atoms with E-state index in [2.05, 4.69) is 77.4 Å². The number of amidine groups is 1. The van der Waals surface area contributed by atoms with Gasteiger partial charge in [0, 0.05) is 42.1 Å². The van der Waals surface area contributed by atoms with Crippen LogP contribution >= 0.6 is 11.8 Å². The highest BCUT2D eigenvalue weighted by Gasteiger charge is 2.54. The van der Waals surface area contributed by atoms with E-state index in [4.69, 9.17) is 9.57 Å². The van der Waals surface area contributed by atoms with E-state index in [0.717, 1.165) is 47.1 Å². The number of benzene rings is 2. The van der Waals surface area contributed by atoms with Crippen LogP contribution < -0.4 is 4.74 Å². The van der Waals surface area contributed by atoms with Crippen molar-refractivity contribution in [2.45, 2.75) is 32.9 Å². The molecule has 3 aliphatic heterocycles. The molecule has 0 radical (unpaired) electrons. The maximum Gasteiger partial charge on any atom is 0.234 e. The van der Waals surface area contributed by atoms with Crippen LogP contribution in [-0.4, -0.2) is 45.4 Å². The molecule has 1 aromatic heterocycles. The normalized spacial score (nSPS) is 23.6. The molecule has 3 aliphatic rings. The molecule has 6 nitrogen and oxygen atoms in total. The number of nitrogens with zero attached hydrogens (tertiary/aromatic N) is 4. The van der Waals surface area contributed by atoms with Gasteiger partial charge in [-0.15, -0.1) is 0 Å². The second-order valence-electron chi connectivity index (χ2n) is 10.1. The molecule has 35 heavy (non-hydrogen) atoms. The van der Waals surface area contributed by atoms with Gasteiger partial charge in [0.2, 0.25) is 5.72 Å². The largest absolute Gasteiger partial charge is 0.495 e. The van der Waals surface area contributed by atoms with Crippen molar-refractivity contribution in [1.29, 1.82) is 0 Å². The van der Waals surface area contributed by atoms with Crippen LogP contribution in [0.2, 0.25) is 0 Å². The first-order chi connectivity index (χ1) is 16.9. The predicted molar refractivity (Wildman–Crippen MR) is 141 cm³/mol. The Kier molecular flexibility index (Phi) is 5.22. The lowest BCUT2D eigenvalue weighted by atomic mass is 9.78. The van der Waals surface area contributed by atoms with E-state index in [9.17, 15) is 0 Å².